The lowest BCUT2D eigenvalue weighted by Crippen LogP contribution is -2.47. The van der Waals surface area contributed by atoms with E-state index >= 15 is 0 Å². The maximum absolute atomic E-state index is 13.6. The van der Waals surface area contributed by atoms with Crippen molar-refractivity contribution in [3.05, 3.63) is 36.8 Å². The number of nitrogens with zero attached hydrogens (tertiary/aromatic N) is 5. The second kappa shape index (κ2) is 12.1. The van der Waals surface area contributed by atoms with E-state index in [-0.39, 0.29) is 35.2 Å². The lowest BCUT2D eigenvalue weighted by molar-refractivity contribution is -0.130. The van der Waals surface area contributed by atoms with Crippen LogP contribution < -0.4 is 10.6 Å². The number of benzene rings is 1. The van der Waals surface area contributed by atoms with E-state index in [4.69, 9.17) is 0 Å². The lowest BCUT2D eigenvalue weighted by atomic mass is 10.1. The predicted molar refractivity (Wildman–Crippen MR) is 148 cm³/mol. The molecule has 3 heterocycles. The first-order valence-corrected chi connectivity index (χ1v) is 14.6. The lowest BCUT2D eigenvalue weighted by Gasteiger charge is -2.33. The van der Waals surface area contributed by atoms with Crippen LogP contribution in [0.2, 0.25) is 0 Å². The maximum atomic E-state index is 13.6. The number of amides is 1. The second-order valence-corrected chi connectivity index (χ2v) is 12.5. The highest BCUT2D eigenvalue weighted by atomic mass is 32.2. The molecule has 1 aliphatic rings. The van der Waals surface area contributed by atoms with Crippen molar-refractivity contribution >= 4 is 38.5 Å². The summed E-state index contributed by atoms with van der Waals surface area (Å²) in [5, 5.41) is 14.2. The highest BCUT2D eigenvalue weighted by molar-refractivity contribution is 7.89. The van der Waals surface area contributed by atoms with E-state index in [1.165, 1.54) is 6.33 Å². The fourth-order valence-corrected chi connectivity index (χ4v) is 6.68. The number of fused-ring (bicyclic) bond motifs is 1. The summed E-state index contributed by atoms with van der Waals surface area (Å²) < 4.78 is 28.8. The Hall–Kier alpha value is -3.25. The molecule has 38 heavy (non-hydrogen) atoms. The van der Waals surface area contributed by atoms with Crippen LogP contribution in [0.4, 0.5) is 11.5 Å². The Morgan fingerprint density at radius 3 is 2.63 bits per heavy atom. The molecule has 0 saturated carbocycles. The largest absolute Gasteiger partial charge is 0.375 e. The van der Waals surface area contributed by atoms with Gasteiger partial charge in [-0.1, -0.05) is 39.8 Å². The molecule has 1 aromatic carbocycles. The van der Waals surface area contributed by atoms with Gasteiger partial charge in [-0.25, -0.2) is 18.4 Å². The van der Waals surface area contributed by atoms with Crippen LogP contribution in [0.25, 0.3) is 11.0 Å². The van der Waals surface area contributed by atoms with Gasteiger partial charge in [-0.3, -0.25) is 9.89 Å². The highest BCUT2D eigenvalue weighted by Crippen LogP contribution is 2.26. The number of carbonyl (C=O) groups excluding carboxylic acids is 1. The first kappa shape index (κ1) is 27.8. The molecule has 206 valence electrons. The van der Waals surface area contributed by atoms with Crippen molar-refractivity contribution in [3.63, 3.8) is 0 Å². The number of aromatic amines is 1. The zero-order valence-electron chi connectivity index (χ0n) is 22.5. The van der Waals surface area contributed by atoms with Crippen molar-refractivity contribution in [1.82, 2.24) is 29.4 Å². The van der Waals surface area contributed by atoms with Gasteiger partial charge in [0.15, 0.2) is 5.65 Å². The molecule has 0 aliphatic carbocycles. The summed E-state index contributed by atoms with van der Waals surface area (Å²) in [6, 6.07) is 6.85. The number of carbonyl (C=O) groups is 1. The second-order valence-electron chi connectivity index (χ2n) is 10.6. The minimum atomic E-state index is -3.73. The SMILES string of the molecule is CC(C)CN(CC(C)C)S(=O)(=O)c1ccccc1NCC(=O)N1CCCC(Nc2ncnc3[nH]ncc23)C1. The van der Waals surface area contributed by atoms with Gasteiger partial charge in [0.25, 0.3) is 0 Å². The number of anilines is 2. The number of likely N-dealkylation sites (tertiary alicyclic amines) is 1. The summed E-state index contributed by atoms with van der Waals surface area (Å²) in [5.41, 5.74) is 1.10. The summed E-state index contributed by atoms with van der Waals surface area (Å²) >= 11 is 0. The van der Waals surface area contributed by atoms with Crippen LogP contribution >= 0.6 is 0 Å². The number of hydrogen-bond acceptors (Lipinski definition) is 8. The number of sulfonamides is 1. The number of piperidine rings is 1. The fourth-order valence-electron chi connectivity index (χ4n) is 4.74. The first-order chi connectivity index (χ1) is 18.1. The maximum Gasteiger partial charge on any atom is 0.245 e. The number of aromatic nitrogens is 4. The molecule has 12 heteroatoms. The number of hydrogen-bond donors (Lipinski definition) is 3. The van der Waals surface area contributed by atoms with Crippen molar-refractivity contribution in [2.75, 3.05) is 43.4 Å². The molecule has 1 unspecified atom stereocenters. The quantitative estimate of drug-likeness (QED) is 0.336. The Labute approximate surface area is 224 Å². The third-order valence-corrected chi connectivity index (χ3v) is 8.33. The Morgan fingerprint density at radius 1 is 1.16 bits per heavy atom. The molecule has 1 atom stereocenters. The molecule has 3 aromatic rings. The van der Waals surface area contributed by atoms with Crippen LogP contribution in [0.5, 0.6) is 0 Å². The Bertz CT molecular complexity index is 1330. The minimum absolute atomic E-state index is 0.00704. The molecule has 0 spiro atoms. The van der Waals surface area contributed by atoms with Gasteiger partial charge in [-0.05, 0) is 36.8 Å². The van der Waals surface area contributed by atoms with Crippen LogP contribution in [0.1, 0.15) is 40.5 Å². The number of H-pyrrole nitrogens is 1. The van der Waals surface area contributed by atoms with E-state index in [0.717, 1.165) is 18.2 Å². The fraction of sp³-hybridized carbons (Fsp3) is 0.538. The molecule has 1 fully saturated rings. The van der Waals surface area contributed by atoms with E-state index in [2.05, 4.69) is 30.8 Å². The van der Waals surface area contributed by atoms with Crippen LogP contribution in [-0.2, 0) is 14.8 Å². The molecule has 11 nitrogen and oxygen atoms in total. The summed E-state index contributed by atoms with van der Waals surface area (Å²) in [6.07, 6.45) is 4.92. The van der Waals surface area contributed by atoms with Gasteiger partial charge >= 0.3 is 0 Å². The topological polar surface area (TPSA) is 136 Å². The van der Waals surface area contributed by atoms with Crippen LogP contribution in [0.15, 0.2) is 41.7 Å². The smallest absolute Gasteiger partial charge is 0.245 e. The summed E-state index contributed by atoms with van der Waals surface area (Å²) in [6.45, 7) is 10.1. The summed E-state index contributed by atoms with van der Waals surface area (Å²) in [4.78, 5) is 23.7. The van der Waals surface area contributed by atoms with E-state index in [0.29, 0.717) is 43.3 Å². The van der Waals surface area contributed by atoms with Gasteiger partial charge in [0, 0.05) is 32.2 Å². The zero-order chi connectivity index (χ0) is 27.3. The van der Waals surface area contributed by atoms with Crippen molar-refractivity contribution in [1.29, 1.82) is 0 Å². The molecule has 1 saturated heterocycles. The van der Waals surface area contributed by atoms with Gasteiger partial charge in [0.1, 0.15) is 17.0 Å². The molecule has 0 bridgehead atoms. The van der Waals surface area contributed by atoms with Crippen molar-refractivity contribution < 1.29 is 13.2 Å². The van der Waals surface area contributed by atoms with Crippen molar-refractivity contribution in [3.8, 4) is 0 Å². The average Bonchev–Trinajstić information content (AvgIpc) is 3.37. The third-order valence-electron chi connectivity index (χ3n) is 6.44. The molecule has 1 aliphatic heterocycles. The number of para-hydroxylation sites is 1. The van der Waals surface area contributed by atoms with Crippen molar-refractivity contribution in [2.45, 2.75) is 51.5 Å². The van der Waals surface area contributed by atoms with Crippen LogP contribution in [0.3, 0.4) is 0 Å². The molecule has 1 amide bonds. The van der Waals surface area contributed by atoms with Gasteiger partial charge in [0.05, 0.1) is 23.8 Å². The minimum Gasteiger partial charge on any atom is -0.375 e. The first-order valence-electron chi connectivity index (χ1n) is 13.2. The number of nitrogens with one attached hydrogen (secondary N) is 3. The van der Waals surface area contributed by atoms with E-state index < -0.39 is 10.0 Å². The summed E-state index contributed by atoms with van der Waals surface area (Å²) in [7, 11) is -3.73. The molecular formula is C26H38N8O3S. The molecule has 3 N–H and O–H groups in total. The van der Waals surface area contributed by atoms with Gasteiger partial charge in [0.2, 0.25) is 15.9 Å². The van der Waals surface area contributed by atoms with E-state index in [9.17, 15) is 13.2 Å². The van der Waals surface area contributed by atoms with E-state index in [1.807, 2.05) is 32.6 Å². The Kier molecular flexibility index (Phi) is 8.83. The van der Waals surface area contributed by atoms with Gasteiger partial charge in [-0.2, -0.15) is 9.40 Å². The zero-order valence-corrected chi connectivity index (χ0v) is 23.3. The van der Waals surface area contributed by atoms with Gasteiger partial charge in [-0.15, -0.1) is 0 Å². The molecule has 0 radical (unpaired) electrons. The van der Waals surface area contributed by atoms with E-state index in [1.54, 1.807) is 34.8 Å². The van der Waals surface area contributed by atoms with Gasteiger partial charge < -0.3 is 15.5 Å². The average molecular weight is 543 g/mol. The molecular weight excluding hydrogens is 504 g/mol. The Balaban J connectivity index is 1.42. The predicted octanol–water partition coefficient (Wildman–Crippen LogP) is 3.17. The van der Waals surface area contributed by atoms with Crippen molar-refractivity contribution in [2.24, 2.45) is 11.8 Å². The summed E-state index contributed by atoms with van der Waals surface area (Å²) in [5.74, 6) is 0.990. The Morgan fingerprint density at radius 2 is 1.89 bits per heavy atom. The molecule has 4 rings (SSSR count). The normalized spacial score (nSPS) is 16.5. The third kappa shape index (κ3) is 6.60. The van der Waals surface area contributed by atoms with Crippen LogP contribution in [0, 0.1) is 11.8 Å². The highest BCUT2D eigenvalue weighted by Gasteiger charge is 2.29. The monoisotopic (exact) mass is 542 g/mol. The van der Waals surface area contributed by atoms with Crippen LogP contribution in [-0.4, -0.2) is 82.5 Å². The number of rotatable bonds is 11. The molecule has 2 aromatic heterocycles. The standard InChI is InChI=1S/C26H38N8O3S/c1-18(2)14-34(15-19(3)4)38(36,37)23-10-6-5-9-22(23)27-13-24(35)33-11-7-8-20(16-33)31-25-21-12-30-32-26(21)29-17-28-25/h5-6,9-10,12,17-20,27H,7-8,11,13-16H2,1-4H3,(H2,28,29,30,31,32).